The highest BCUT2D eigenvalue weighted by Gasteiger charge is 2.34. The zero-order valence-corrected chi connectivity index (χ0v) is 10.0. The molecule has 1 aromatic heterocycles. The van der Waals surface area contributed by atoms with Crippen LogP contribution in [0.4, 0.5) is 0 Å². The van der Waals surface area contributed by atoms with Gasteiger partial charge in [0.2, 0.25) is 0 Å². The van der Waals surface area contributed by atoms with E-state index in [1.807, 2.05) is 12.3 Å². The maximum atomic E-state index is 9.44. The maximum absolute atomic E-state index is 9.44. The lowest BCUT2D eigenvalue weighted by molar-refractivity contribution is 0.0934. The fraction of sp³-hybridized carbons (Fsp3) is 0.545. The number of aliphatic hydroxyl groups is 1. The molecule has 2 rings (SSSR count). The van der Waals surface area contributed by atoms with Gasteiger partial charge in [0.25, 0.3) is 0 Å². The second-order valence-electron chi connectivity index (χ2n) is 4.15. The van der Waals surface area contributed by atoms with Crippen molar-refractivity contribution in [2.24, 2.45) is 5.41 Å². The molecule has 1 N–H and O–H groups in total. The van der Waals surface area contributed by atoms with E-state index in [2.05, 4.69) is 20.9 Å². The Morgan fingerprint density at radius 2 is 2.40 bits per heavy atom. The van der Waals surface area contributed by atoms with Gasteiger partial charge in [-0.05, 0) is 40.4 Å². The van der Waals surface area contributed by atoms with Crippen molar-refractivity contribution in [3.8, 4) is 0 Å². The van der Waals surface area contributed by atoms with Crippen LogP contribution in [0.1, 0.15) is 12.0 Å². The van der Waals surface area contributed by atoms with Crippen LogP contribution in [-0.2, 0) is 11.2 Å². The van der Waals surface area contributed by atoms with Crippen molar-refractivity contribution in [1.82, 2.24) is 4.98 Å². The standard InChI is InChI=1S/C11H14BrNO2/c12-10-3-9(5-13-6-10)4-11(7-14)1-2-15-8-11/h3,5-6,14H,1-2,4,7-8H2. The third kappa shape index (κ3) is 2.56. The number of halogens is 1. The van der Waals surface area contributed by atoms with E-state index in [-0.39, 0.29) is 12.0 Å². The SMILES string of the molecule is OCC1(Cc2cncc(Br)c2)CCOC1. The highest BCUT2D eigenvalue weighted by molar-refractivity contribution is 9.10. The summed E-state index contributed by atoms with van der Waals surface area (Å²) in [5, 5.41) is 9.44. The molecule has 1 atom stereocenters. The molecule has 3 nitrogen and oxygen atoms in total. The normalized spacial score (nSPS) is 25.7. The lowest BCUT2D eigenvalue weighted by Crippen LogP contribution is -2.28. The number of aliphatic hydroxyl groups excluding tert-OH is 1. The van der Waals surface area contributed by atoms with Gasteiger partial charge in [-0.2, -0.15) is 0 Å². The molecule has 0 spiro atoms. The molecule has 1 aliphatic heterocycles. The Balaban J connectivity index is 2.12. The summed E-state index contributed by atoms with van der Waals surface area (Å²) >= 11 is 3.39. The molecule has 82 valence electrons. The van der Waals surface area contributed by atoms with Gasteiger partial charge in [-0.3, -0.25) is 4.98 Å². The summed E-state index contributed by atoms with van der Waals surface area (Å²) in [7, 11) is 0. The zero-order chi connectivity index (χ0) is 10.7. The first-order chi connectivity index (χ1) is 7.24. The van der Waals surface area contributed by atoms with Crippen LogP contribution in [0.3, 0.4) is 0 Å². The van der Waals surface area contributed by atoms with E-state index in [1.54, 1.807) is 6.20 Å². The molecule has 0 amide bonds. The van der Waals surface area contributed by atoms with Crippen molar-refractivity contribution < 1.29 is 9.84 Å². The van der Waals surface area contributed by atoms with Crippen molar-refractivity contribution in [2.45, 2.75) is 12.8 Å². The van der Waals surface area contributed by atoms with Crippen LogP contribution >= 0.6 is 15.9 Å². The Hall–Kier alpha value is -0.450. The highest BCUT2D eigenvalue weighted by Crippen LogP contribution is 2.32. The van der Waals surface area contributed by atoms with Crippen LogP contribution in [0.25, 0.3) is 0 Å². The molecule has 0 aromatic carbocycles. The molecule has 1 aromatic rings. The van der Waals surface area contributed by atoms with E-state index in [1.165, 1.54) is 0 Å². The predicted octanol–water partition coefficient (Wildman–Crippen LogP) is 1.79. The molecule has 15 heavy (non-hydrogen) atoms. The number of hydrogen-bond acceptors (Lipinski definition) is 3. The molecular weight excluding hydrogens is 258 g/mol. The van der Waals surface area contributed by atoms with Crippen molar-refractivity contribution in [1.29, 1.82) is 0 Å². The summed E-state index contributed by atoms with van der Waals surface area (Å²) in [6.07, 6.45) is 5.37. The van der Waals surface area contributed by atoms with Gasteiger partial charge >= 0.3 is 0 Å². The molecule has 1 fully saturated rings. The van der Waals surface area contributed by atoms with Crippen LogP contribution in [0.5, 0.6) is 0 Å². The Kier molecular flexibility index (Phi) is 3.38. The first-order valence-corrected chi connectivity index (χ1v) is 5.81. The van der Waals surface area contributed by atoms with Gasteiger partial charge in [0, 0.05) is 28.9 Å². The average Bonchev–Trinajstić information content (AvgIpc) is 2.67. The molecule has 2 heterocycles. The number of ether oxygens (including phenoxy) is 1. The van der Waals surface area contributed by atoms with Gasteiger partial charge in [0.05, 0.1) is 13.2 Å². The fourth-order valence-corrected chi connectivity index (χ4v) is 2.37. The van der Waals surface area contributed by atoms with E-state index >= 15 is 0 Å². The number of rotatable bonds is 3. The lowest BCUT2D eigenvalue weighted by Gasteiger charge is -2.24. The summed E-state index contributed by atoms with van der Waals surface area (Å²) in [4.78, 5) is 4.12. The first-order valence-electron chi connectivity index (χ1n) is 5.02. The van der Waals surface area contributed by atoms with Gasteiger partial charge < -0.3 is 9.84 Å². The monoisotopic (exact) mass is 271 g/mol. The van der Waals surface area contributed by atoms with Gasteiger partial charge in [0.15, 0.2) is 0 Å². The second kappa shape index (κ2) is 4.60. The maximum Gasteiger partial charge on any atom is 0.0548 e. The first kappa shape index (κ1) is 11.0. The Morgan fingerprint density at radius 3 is 3.00 bits per heavy atom. The molecule has 0 aliphatic carbocycles. The van der Waals surface area contributed by atoms with Gasteiger partial charge in [-0.15, -0.1) is 0 Å². The summed E-state index contributed by atoms with van der Waals surface area (Å²) in [5.74, 6) is 0. The molecule has 1 aliphatic rings. The molecular formula is C11H14BrNO2. The topological polar surface area (TPSA) is 42.4 Å². The van der Waals surface area contributed by atoms with E-state index in [4.69, 9.17) is 4.74 Å². The largest absolute Gasteiger partial charge is 0.396 e. The Morgan fingerprint density at radius 1 is 1.53 bits per heavy atom. The van der Waals surface area contributed by atoms with Gasteiger partial charge in [-0.25, -0.2) is 0 Å². The molecule has 0 radical (unpaired) electrons. The summed E-state index contributed by atoms with van der Waals surface area (Å²) in [5.41, 5.74) is 1.05. The van der Waals surface area contributed by atoms with Crippen LogP contribution in [0, 0.1) is 5.41 Å². The van der Waals surface area contributed by atoms with Gasteiger partial charge in [-0.1, -0.05) is 0 Å². The smallest absolute Gasteiger partial charge is 0.0548 e. The fourth-order valence-electron chi connectivity index (χ4n) is 1.96. The number of hydrogen-bond donors (Lipinski definition) is 1. The van der Waals surface area contributed by atoms with Crippen LogP contribution in [0.15, 0.2) is 22.9 Å². The quantitative estimate of drug-likeness (QED) is 0.912. The number of pyridine rings is 1. The van der Waals surface area contributed by atoms with E-state index in [0.29, 0.717) is 6.61 Å². The molecule has 0 bridgehead atoms. The summed E-state index contributed by atoms with van der Waals surface area (Å²) in [6, 6.07) is 2.04. The summed E-state index contributed by atoms with van der Waals surface area (Å²) < 4.78 is 6.34. The van der Waals surface area contributed by atoms with Crippen LogP contribution < -0.4 is 0 Å². The van der Waals surface area contributed by atoms with Crippen molar-refractivity contribution in [3.05, 3.63) is 28.5 Å². The number of nitrogens with zero attached hydrogens (tertiary/aromatic N) is 1. The second-order valence-corrected chi connectivity index (χ2v) is 5.06. The molecule has 1 saturated heterocycles. The minimum Gasteiger partial charge on any atom is -0.396 e. The third-order valence-electron chi connectivity index (χ3n) is 2.86. The van der Waals surface area contributed by atoms with E-state index < -0.39 is 0 Å². The van der Waals surface area contributed by atoms with Gasteiger partial charge in [0.1, 0.15) is 0 Å². The molecule has 0 saturated carbocycles. The Bertz CT molecular complexity index is 337. The lowest BCUT2D eigenvalue weighted by atomic mass is 9.82. The molecule has 1 unspecified atom stereocenters. The van der Waals surface area contributed by atoms with Crippen molar-refractivity contribution in [3.63, 3.8) is 0 Å². The average molecular weight is 272 g/mol. The van der Waals surface area contributed by atoms with Crippen LogP contribution in [-0.4, -0.2) is 29.9 Å². The van der Waals surface area contributed by atoms with Crippen molar-refractivity contribution >= 4 is 15.9 Å². The third-order valence-corrected chi connectivity index (χ3v) is 3.29. The van der Waals surface area contributed by atoms with E-state index in [0.717, 1.165) is 29.5 Å². The zero-order valence-electron chi connectivity index (χ0n) is 8.45. The van der Waals surface area contributed by atoms with Crippen molar-refractivity contribution in [2.75, 3.05) is 19.8 Å². The number of aromatic nitrogens is 1. The molecule has 4 heteroatoms. The minimum absolute atomic E-state index is 0.0948. The Labute approximate surface area is 97.6 Å². The van der Waals surface area contributed by atoms with E-state index in [9.17, 15) is 5.11 Å². The minimum atomic E-state index is -0.0948. The predicted molar refractivity (Wildman–Crippen MR) is 60.6 cm³/mol. The highest BCUT2D eigenvalue weighted by atomic mass is 79.9. The summed E-state index contributed by atoms with van der Waals surface area (Å²) in [6.45, 7) is 1.58. The van der Waals surface area contributed by atoms with Crippen LogP contribution in [0.2, 0.25) is 0 Å².